The van der Waals surface area contributed by atoms with Gasteiger partial charge in [0.05, 0.1) is 0 Å². The van der Waals surface area contributed by atoms with Gasteiger partial charge in [0.15, 0.2) is 0 Å². The highest BCUT2D eigenvalue weighted by Gasteiger charge is 2.22. The first-order valence-electron chi connectivity index (χ1n) is 6.11. The van der Waals surface area contributed by atoms with Crippen molar-refractivity contribution < 1.29 is 0 Å². The molecule has 1 aliphatic rings. The summed E-state index contributed by atoms with van der Waals surface area (Å²) in [5.74, 6) is 0. The topological polar surface area (TPSA) is 29.3 Å². The Hall–Kier alpha value is -0.280. The fourth-order valence-corrected chi connectivity index (χ4v) is 3.01. The molecule has 2 N–H and O–H groups in total. The molecule has 0 saturated carbocycles. The van der Waals surface area contributed by atoms with Crippen LogP contribution in [0.2, 0.25) is 10.0 Å². The van der Waals surface area contributed by atoms with Gasteiger partial charge in [0.1, 0.15) is 0 Å². The third kappa shape index (κ3) is 3.14. The third-order valence-corrected chi connectivity index (χ3v) is 3.94. The van der Waals surface area contributed by atoms with Gasteiger partial charge >= 0.3 is 0 Å². The number of nitrogens with two attached hydrogens (primary N) is 1. The van der Waals surface area contributed by atoms with Crippen LogP contribution in [0.3, 0.4) is 0 Å². The molecule has 0 unspecified atom stereocenters. The molecule has 0 amide bonds. The van der Waals surface area contributed by atoms with E-state index in [2.05, 4.69) is 4.90 Å². The summed E-state index contributed by atoms with van der Waals surface area (Å²) in [4.78, 5) is 2.43. The van der Waals surface area contributed by atoms with Crippen molar-refractivity contribution in [3.8, 4) is 0 Å². The minimum atomic E-state index is 0.222. The number of piperidine rings is 1. The van der Waals surface area contributed by atoms with Crippen molar-refractivity contribution >= 4 is 23.2 Å². The lowest BCUT2D eigenvalue weighted by Gasteiger charge is -2.34. The lowest BCUT2D eigenvalue weighted by molar-refractivity contribution is 0.167. The predicted octanol–water partition coefficient (Wildman–Crippen LogP) is 3.48. The first-order valence-corrected chi connectivity index (χ1v) is 6.87. The quantitative estimate of drug-likeness (QED) is 0.913. The smallest absolute Gasteiger partial charge is 0.0485 e. The van der Waals surface area contributed by atoms with Crippen molar-refractivity contribution in [3.63, 3.8) is 0 Å². The van der Waals surface area contributed by atoms with Crippen molar-refractivity contribution in [2.75, 3.05) is 19.6 Å². The monoisotopic (exact) mass is 272 g/mol. The first kappa shape index (κ1) is 13.2. The third-order valence-electron chi connectivity index (χ3n) is 3.38. The van der Waals surface area contributed by atoms with Gasteiger partial charge in [-0.15, -0.1) is 0 Å². The van der Waals surface area contributed by atoms with E-state index in [9.17, 15) is 0 Å². The molecule has 2 nitrogen and oxygen atoms in total. The van der Waals surface area contributed by atoms with Crippen LogP contribution < -0.4 is 5.73 Å². The Bertz CT molecular complexity index is 376. The normalized spacial score (nSPS) is 19.2. The highest BCUT2D eigenvalue weighted by atomic mass is 35.5. The van der Waals surface area contributed by atoms with Gasteiger partial charge in [-0.3, -0.25) is 4.90 Å². The second kappa shape index (κ2) is 6.05. The summed E-state index contributed by atoms with van der Waals surface area (Å²) in [6.07, 6.45) is 3.82. The van der Waals surface area contributed by atoms with Crippen molar-refractivity contribution in [3.05, 3.63) is 33.8 Å². The zero-order chi connectivity index (χ0) is 12.3. The Morgan fingerprint density at radius 3 is 2.47 bits per heavy atom. The van der Waals surface area contributed by atoms with E-state index in [0.717, 1.165) is 23.7 Å². The molecule has 94 valence electrons. The van der Waals surface area contributed by atoms with E-state index in [1.807, 2.05) is 12.1 Å². The standard InChI is InChI=1S/C13H18Cl2N2/c14-10-4-5-11(12(15)8-10)13(9-16)17-6-2-1-3-7-17/h4-5,8,13H,1-3,6-7,9,16H2/t13-/m1/s1. The summed E-state index contributed by atoms with van der Waals surface area (Å²) in [6, 6.07) is 5.90. The summed E-state index contributed by atoms with van der Waals surface area (Å²) < 4.78 is 0. The predicted molar refractivity (Wildman–Crippen MR) is 73.7 cm³/mol. The lowest BCUT2D eigenvalue weighted by Crippen LogP contribution is -2.37. The summed E-state index contributed by atoms with van der Waals surface area (Å²) >= 11 is 12.2. The molecular weight excluding hydrogens is 255 g/mol. The van der Waals surface area contributed by atoms with Crippen LogP contribution in [0.4, 0.5) is 0 Å². The largest absolute Gasteiger partial charge is 0.329 e. The highest BCUT2D eigenvalue weighted by molar-refractivity contribution is 6.35. The average molecular weight is 273 g/mol. The Labute approximate surface area is 113 Å². The van der Waals surface area contributed by atoms with Crippen molar-refractivity contribution in [2.45, 2.75) is 25.3 Å². The van der Waals surface area contributed by atoms with E-state index in [0.29, 0.717) is 11.6 Å². The Balaban J connectivity index is 2.21. The molecular formula is C13H18Cl2N2. The van der Waals surface area contributed by atoms with E-state index in [1.54, 1.807) is 6.07 Å². The molecule has 17 heavy (non-hydrogen) atoms. The van der Waals surface area contributed by atoms with Gasteiger partial charge in [0.2, 0.25) is 0 Å². The maximum absolute atomic E-state index is 6.26. The molecule has 0 aromatic heterocycles. The molecule has 0 spiro atoms. The van der Waals surface area contributed by atoms with E-state index in [-0.39, 0.29) is 6.04 Å². The van der Waals surface area contributed by atoms with Crippen molar-refractivity contribution in [1.82, 2.24) is 4.90 Å². The Morgan fingerprint density at radius 2 is 1.88 bits per heavy atom. The number of nitrogens with zero attached hydrogens (tertiary/aromatic N) is 1. The Morgan fingerprint density at radius 1 is 1.18 bits per heavy atom. The molecule has 1 aromatic rings. The number of hydrogen-bond acceptors (Lipinski definition) is 2. The molecule has 0 aliphatic carbocycles. The number of benzene rings is 1. The zero-order valence-electron chi connectivity index (χ0n) is 9.83. The van der Waals surface area contributed by atoms with Crippen LogP contribution in [0.1, 0.15) is 30.9 Å². The van der Waals surface area contributed by atoms with Crippen LogP contribution >= 0.6 is 23.2 Å². The number of halogens is 2. The fraction of sp³-hybridized carbons (Fsp3) is 0.538. The van der Waals surface area contributed by atoms with Gasteiger partial charge in [-0.2, -0.15) is 0 Å². The molecule has 2 rings (SSSR count). The van der Waals surface area contributed by atoms with Gasteiger partial charge in [0.25, 0.3) is 0 Å². The Kier molecular flexibility index (Phi) is 4.69. The molecule has 1 fully saturated rings. The molecule has 0 radical (unpaired) electrons. The second-order valence-electron chi connectivity index (χ2n) is 4.51. The van der Waals surface area contributed by atoms with E-state index >= 15 is 0 Å². The van der Waals surface area contributed by atoms with E-state index < -0.39 is 0 Å². The van der Waals surface area contributed by atoms with Gasteiger partial charge in [-0.1, -0.05) is 35.7 Å². The second-order valence-corrected chi connectivity index (χ2v) is 5.36. The molecule has 0 bridgehead atoms. The molecule has 1 saturated heterocycles. The van der Waals surface area contributed by atoms with Gasteiger partial charge in [0, 0.05) is 22.6 Å². The molecule has 1 aliphatic heterocycles. The number of hydrogen-bond donors (Lipinski definition) is 1. The van der Waals surface area contributed by atoms with Crippen LogP contribution in [0.5, 0.6) is 0 Å². The van der Waals surface area contributed by atoms with Gasteiger partial charge in [-0.25, -0.2) is 0 Å². The molecule has 1 atom stereocenters. The van der Waals surface area contributed by atoms with Gasteiger partial charge < -0.3 is 5.73 Å². The zero-order valence-corrected chi connectivity index (χ0v) is 11.3. The number of likely N-dealkylation sites (tertiary alicyclic amines) is 1. The molecule has 1 heterocycles. The van der Waals surface area contributed by atoms with Crippen LogP contribution in [0.15, 0.2) is 18.2 Å². The lowest BCUT2D eigenvalue weighted by atomic mass is 10.0. The van der Waals surface area contributed by atoms with Crippen LogP contribution in [-0.4, -0.2) is 24.5 Å². The van der Waals surface area contributed by atoms with Crippen LogP contribution in [-0.2, 0) is 0 Å². The van der Waals surface area contributed by atoms with Crippen LogP contribution in [0.25, 0.3) is 0 Å². The minimum Gasteiger partial charge on any atom is -0.329 e. The number of rotatable bonds is 3. The summed E-state index contributed by atoms with van der Waals surface area (Å²) in [5.41, 5.74) is 7.01. The van der Waals surface area contributed by atoms with E-state index in [1.165, 1.54) is 19.3 Å². The summed E-state index contributed by atoms with van der Waals surface area (Å²) in [5, 5.41) is 1.40. The van der Waals surface area contributed by atoms with Crippen molar-refractivity contribution in [1.29, 1.82) is 0 Å². The fourth-order valence-electron chi connectivity index (χ4n) is 2.47. The van der Waals surface area contributed by atoms with Crippen molar-refractivity contribution in [2.24, 2.45) is 5.73 Å². The SMILES string of the molecule is NC[C@H](c1ccc(Cl)cc1Cl)N1CCCCC1. The molecule has 4 heteroatoms. The van der Waals surface area contributed by atoms with Gasteiger partial charge in [-0.05, 0) is 43.6 Å². The maximum atomic E-state index is 6.26. The minimum absolute atomic E-state index is 0.222. The molecule has 1 aromatic carbocycles. The summed E-state index contributed by atoms with van der Waals surface area (Å²) in [6.45, 7) is 2.82. The highest BCUT2D eigenvalue weighted by Crippen LogP contribution is 2.30. The average Bonchev–Trinajstić information content (AvgIpc) is 2.34. The van der Waals surface area contributed by atoms with E-state index in [4.69, 9.17) is 28.9 Å². The summed E-state index contributed by atoms with van der Waals surface area (Å²) in [7, 11) is 0. The first-order chi connectivity index (χ1) is 8.22. The van der Waals surface area contributed by atoms with Crippen LogP contribution in [0, 0.1) is 0 Å². The maximum Gasteiger partial charge on any atom is 0.0485 e.